The first-order valence-corrected chi connectivity index (χ1v) is 7.18. The molecule has 2 unspecified atom stereocenters. The smallest absolute Gasteiger partial charge is 0.166 e. The van der Waals surface area contributed by atoms with Gasteiger partial charge in [-0.1, -0.05) is 39.2 Å². The van der Waals surface area contributed by atoms with Crippen molar-refractivity contribution in [3.63, 3.8) is 0 Å². The zero-order valence-corrected chi connectivity index (χ0v) is 11.7. The molecule has 0 saturated heterocycles. The number of hydrogen-bond donors (Lipinski definition) is 1. The number of ketones is 1. The molecule has 1 aromatic heterocycles. The third-order valence-corrected chi connectivity index (χ3v) is 4.38. The van der Waals surface area contributed by atoms with Crippen LogP contribution < -0.4 is 0 Å². The molecule has 3 heteroatoms. The molecule has 1 heterocycles. The summed E-state index contributed by atoms with van der Waals surface area (Å²) in [6, 6.07) is 3.73. The highest BCUT2D eigenvalue weighted by Gasteiger charge is 2.40. The van der Waals surface area contributed by atoms with E-state index in [9.17, 15) is 9.90 Å². The number of unbranched alkanes of at least 4 members (excludes halogenated alkanes) is 2. The van der Waals surface area contributed by atoms with Gasteiger partial charge in [0.05, 0.1) is 0 Å². The monoisotopic (exact) mass is 254 g/mol. The van der Waals surface area contributed by atoms with Crippen LogP contribution in [-0.4, -0.2) is 10.9 Å². The maximum atomic E-state index is 11.8. The van der Waals surface area contributed by atoms with E-state index in [-0.39, 0.29) is 11.7 Å². The molecule has 17 heavy (non-hydrogen) atoms. The SMILES string of the molecule is CCCCCC(C)C(O)(C(C)=O)c1cccs1. The highest BCUT2D eigenvalue weighted by Crippen LogP contribution is 2.36. The van der Waals surface area contributed by atoms with Crippen molar-refractivity contribution in [2.75, 3.05) is 0 Å². The highest BCUT2D eigenvalue weighted by molar-refractivity contribution is 7.10. The molecule has 1 aromatic rings. The summed E-state index contributed by atoms with van der Waals surface area (Å²) in [5.74, 6) is -0.172. The van der Waals surface area contributed by atoms with Crippen molar-refractivity contribution in [2.45, 2.75) is 52.1 Å². The Kier molecular flexibility index (Phi) is 5.34. The van der Waals surface area contributed by atoms with Crippen molar-refractivity contribution in [1.82, 2.24) is 0 Å². The van der Waals surface area contributed by atoms with Crippen LogP contribution in [0.1, 0.15) is 51.3 Å². The van der Waals surface area contributed by atoms with Crippen LogP contribution in [0.5, 0.6) is 0 Å². The number of carbonyl (C=O) groups is 1. The molecule has 0 fully saturated rings. The molecule has 1 rings (SSSR count). The zero-order valence-electron chi connectivity index (χ0n) is 10.9. The molecule has 0 radical (unpaired) electrons. The van der Waals surface area contributed by atoms with Crippen LogP contribution in [0.2, 0.25) is 0 Å². The van der Waals surface area contributed by atoms with E-state index in [1.807, 2.05) is 24.4 Å². The number of rotatable bonds is 7. The Morgan fingerprint density at radius 1 is 1.53 bits per heavy atom. The number of hydrogen-bond acceptors (Lipinski definition) is 3. The fraction of sp³-hybridized carbons (Fsp3) is 0.643. The molecular weight excluding hydrogens is 232 g/mol. The van der Waals surface area contributed by atoms with Crippen LogP contribution in [-0.2, 0) is 10.4 Å². The summed E-state index contributed by atoms with van der Waals surface area (Å²) in [4.78, 5) is 12.6. The fourth-order valence-corrected chi connectivity index (χ4v) is 3.15. The van der Waals surface area contributed by atoms with Gasteiger partial charge in [-0.3, -0.25) is 4.79 Å². The van der Waals surface area contributed by atoms with Crippen LogP contribution in [0, 0.1) is 5.92 Å². The molecule has 0 saturated carbocycles. The van der Waals surface area contributed by atoms with Crippen LogP contribution >= 0.6 is 11.3 Å². The summed E-state index contributed by atoms with van der Waals surface area (Å²) in [6.45, 7) is 5.61. The molecule has 0 aliphatic rings. The first-order chi connectivity index (χ1) is 8.03. The minimum atomic E-state index is -1.29. The van der Waals surface area contributed by atoms with Gasteiger partial charge in [0.15, 0.2) is 11.4 Å². The molecule has 0 spiro atoms. The van der Waals surface area contributed by atoms with Crippen molar-refractivity contribution in [3.8, 4) is 0 Å². The van der Waals surface area contributed by atoms with Crippen LogP contribution in [0.25, 0.3) is 0 Å². The van der Waals surface area contributed by atoms with E-state index in [0.717, 1.165) is 30.6 Å². The summed E-state index contributed by atoms with van der Waals surface area (Å²) in [5.41, 5.74) is -1.29. The van der Waals surface area contributed by atoms with Crippen molar-refractivity contribution in [3.05, 3.63) is 22.4 Å². The Hall–Kier alpha value is -0.670. The van der Waals surface area contributed by atoms with Gasteiger partial charge in [0.1, 0.15) is 0 Å². The number of carbonyl (C=O) groups excluding carboxylic acids is 1. The molecular formula is C14H22O2S. The third kappa shape index (κ3) is 3.17. The second kappa shape index (κ2) is 6.31. The van der Waals surface area contributed by atoms with Crippen LogP contribution in [0.3, 0.4) is 0 Å². The standard InChI is InChI=1S/C14H22O2S/c1-4-5-6-8-11(2)14(16,12(3)15)13-9-7-10-17-13/h7,9-11,16H,4-6,8H2,1-3H3. The van der Waals surface area contributed by atoms with E-state index >= 15 is 0 Å². The van der Waals surface area contributed by atoms with Gasteiger partial charge in [-0.05, 0) is 30.7 Å². The van der Waals surface area contributed by atoms with Gasteiger partial charge < -0.3 is 5.11 Å². The van der Waals surface area contributed by atoms with E-state index in [1.165, 1.54) is 18.3 Å². The quantitative estimate of drug-likeness (QED) is 0.753. The minimum Gasteiger partial charge on any atom is -0.376 e. The third-order valence-electron chi connectivity index (χ3n) is 3.39. The number of aliphatic hydroxyl groups is 1. The van der Waals surface area contributed by atoms with E-state index in [0.29, 0.717) is 0 Å². The molecule has 0 aliphatic heterocycles. The predicted molar refractivity (Wildman–Crippen MR) is 72.2 cm³/mol. The second-order valence-corrected chi connectivity index (χ2v) is 5.64. The van der Waals surface area contributed by atoms with Crippen LogP contribution in [0.15, 0.2) is 17.5 Å². The molecule has 96 valence electrons. The number of Topliss-reactive ketones (excluding diaryl/α,β-unsaturated/α-hetero) is 1. The van der Waals surface area contributed by atoms with E-state index in [1.54, 1.807) is 0 Å². The van der Waals surface area contributed by atoms with Gasteiger partial charge in [-0.2, -0.15) is 0 Å². The maximum absolute atomic E-state index is 11.8. The van der Waals surface area contributed by atoms with Crippen molar-refractivity contribution < 1.29 is 9.90 Å². The molecule has 2 nitrogen and oxygen atoms in total. The van der Waals surface area contributed by atoms with Gasteiger partial charge in [-0.15, -0.1) is 11.3 Å². The Morgan fingerprint density at radius 3 is 2.71 bits per heavy atom. The maximum Gasteiger partial charge on any atom is 0.166 e. The molecule has 0 amide bonds. The molecule has 0 aromatic carbocycles. The minimum absolute atomic E-state index is 0.0230. The average Bonchev–Trinajstić information content (AvgIpc) is 2.81. The van der Waals surface area contributed by atoms with Gasteiger partial charge in [0.2, 0.25) is 0 Å². The normalized spacial score (nSPS) is 16.5. The highest BCUT2D eigenvalue weighted by atomic mass is 32.1. The lowest BCUT2D eigenvalue weighted by molar-refractivity contribution is -0.141. The summed E-state index contributed by atoms with van der Waals surface area (Å²) < 4.78 is 0. The second-order valence-electron chi connectivity index (χ2n) is 4.70. The van der Waals surface area contributed by atoms with Crippen molar-refractivity contribution in [2.24, 2.45) is 5.92 Å². The van der Waals surface area contributed by atoms with E-state index < -0.39 is 5.60 Å². The Bertz CT molecular complexity index is 345. The fourth-order valence-electron chi connectivity index (χ4n) is 2.17. The summed E-state index contributed by atoms with van der Waals surface area (Å²) in [5, 5.41) is 12.6. The summed E-state index contributed by atoms with van der Waals surface area (Å²) >= 11 is 1.45. The lowest BCUT2D eigenvalue weighted by Gasteiger charge is -2.31. The molecule has 1 N–H and O–H groups in total. The van der Waals surface area contributed by atoms with E-state index in [4.69, 9.17) is 0 Å². The first-order valence-electron chi connectivity index (χ1n) is 6.30. The lowest BCUT2D eigenvalue weighted by atomic mass is 9.81. The molecule has 2 atom stereocenters. The van der Waals surface area contributed by atoms with Gasteiger partial charge in [0, 0.05) is 4.88 Å². The Morgan fingerprint density at radius 2 is 2.24 bits per heavy atom. The van der Waals surface area contributed by atoms with E-state index in [2.05, 4.69) is 6.92 Å². The lowest BCUT2D eigenvalue weighted by Crippen LogP contribution is -2.39. The number of thiophene rings is 1. The summed E-state index contributed by atoms with van der Waals surface area (Å²) in [6.07, 6.45) is 4.27. The van der Waals surface area contributed by atoms with Gasteiger partial charge >= 0.3 is 0 Å². The van der Waals surface area contributed by atoms with Crippen molar-refractivity contribution >= 4 is 17.1 Å². The first kappa shape index (κ1) is 14.4. The predicted octanol–water partition coefficient (Wildman–Crippen LogP) is 3.74. The molecule has 0 aliphatic carbocycles. The zero-order chi connectivity index (χ0) is 12.9. The largest absolute Gasteiger partial charge is 0.376 e. The molecule has 0 bridgehead atoms. The van der Waals surface area contributed by atoms with Crippen molar-refractivity contribution in [1.29, 1.82) is 0 Å². The topological polar surface area (TPSA) is 37.3 Å². The van der Waals surface area contributed by atoms with Gasteiger partial charge in [-0.25, -0.2) is 0 Å². The van der Waals surface area contributed by atoms with Gasteiger partial charge in [0.25, 0.3) is 0 Å². The van der Waals surface area contributed by atoms with Crippen LogP contribution in [0.4, 0.5) is 0 Å². The Balaban J connectivity index is 2.81. The Labute approximate surface area is 108 Å². The average molecular weight is 254 g/mol. The summed E-state index contributed by atoms with van der Waals surface area (Å²) in [7, 11) is 0.